The number of aliphatic hydroxyl groups is 1. The molecule has 27 atom stereocenters. The number of nitrogens with one attached hydrogen (secondary N) is 4. The summed E-state index contributed by atoms with van der Waals surface area (Å²) < 4.78 is 168. The van der Waals surface area contributed by atoms with Crippen LogP contribution in [0.1, 0.15) is 80.2 Å². The van der Waals surface area contributed by atoms with E-state index in [-0.39, 0.29) is 122 Å². The summed E-state index contributed by atoms with van der Waals surface area (Å²) in [4.78, 5) is 198. The second kappa shape index (κ2) is 46.0. The first-order valence-electron chi connectivity index (χ1n) is 43.2. The van der Waals surface area contributed by atoms with Crippen molar-refractivity contribution < 1.29 is 146 Å². The third kappa shape index (κ3) is 25.0. The summed E-state index contributed by atoms with van der Waals surface area (Å²) >= 11 is 22.8. The van der Waals surface area contributed by atoms with E-state index in [9.17, 15) is 63.1 Å². The number of hydrogen-bond donors (Lipinski definition) is 14. The van der Waals surface area contributed by atoms with Crippen LogP contribution in [0.4, 0.5) is 23.5 Å². The van der Waals surface area contributed by atoms with Gasteiger partial charge in [0.05, 0.1) is 123 Å². The highest BCUT2D eigenvalue weighted by molar-refractivity contribution is 8.08. The van der Waals surface area contributed by atoms with E-state index in [0.29, 0.717) is 17.6 Å². The van der Waals surface area contributed by atoms with Gasteiger partial charge in [-0.1, -0.05) is 6.92 Å². The second-order valence-electron chi connectivity index (χ2n) is 32.6. The topological polar surface area (TPSA) is 779 Å². The Labute approximate surface area is 820 Å². The Morgan fingerprint density at radius 1 is 0.401 bits per heavy atom. The van der Waals surface area contributed by atoms with E-state index in [1.165, 1.54) is 85.2 Å². The Balaban J connectivity index is 0.708. The summed E-state index contributed by atoms with van der Waals surface area (Å²) in [6.45, 7) is -19.3. The van der Waals surface area contributed by atoms with Crippen molar-refractivity contribution in [3.8, 4) is 0 Å². The molecule has 0 bridgehead atoms. The molecule has 9 aromatic rings. The second-order valence-corrected chi connectivity index (χ2v) is 45.2. The van der Waals surface area contributed by atoms with E-state index in [2.05, 4.69) is 59.8 Å². The van der Waals surface area contributed by atoms with E-state index < -0.39 is 248 Å². The van der Waals surface area contributed by atoms with Gasteiger partial charge in [0.25, 0.3) is 22.2 Å². The molecule has 0 spiro atoms. The van der Waals surface area contributed by atoms with E-state index in [0.717, 1.165) is 30.8 Å². The smallest absolute Gasteiger partial charge is 0.387 e. The fourth-order valence-corrected chi connectivity index (χ4v) is 23.2. The molecule has 6 fully saturated rings. The number of aryl methyl sites for hydroxylation is 3. The van der Waals surface area contributed by atoms with Crippen molar-refractivity contribution in [3.05, 3.63) is 133 Å². The highest BCUT2D eigenvalue weighted by Gasteiger charge is 2.57. The number of aromatic amines is 4. The lowest BCUT2D eigenvalue weighted by Crippen LogP contribution is -2.42. The number of nitrogens with zero attached hydrogens (tertiary/aromatic N) is 14. The molecule has 6 saturated heterocycles. The number of aliphatic hydroxyl groups excluding tert-OH is 1. The first kappa shape index (κ1) is 109. The number of aromatic nitrogens is 18. The van der Waals surface area contributed by atoms with Gasteiger partial charge in [0.1, 0.15) is 109 Å². The van der Waals surface area contributed by atoms with Crippen LogP contribution in [-0.4, -0.2) is 329 Å². The minimum atomic E-state index is -5.88. The standard InChI is InChI=1S/C73H103N22O38P5S4/c1-9-35-36(18-43(123-35)93-29-80-45-57(75)78-28-79-58(45)93)129-135(106,139)119-23-38-37(19-44(124-38)94-30-81-46-59(94)84-69(76)86-63(46)99)130-136(107,140)121-26-41-49(53(115-15-11-111-6)68(128-41)95-31-82-47-60(95)85-70(77)87-64(47)100)131-134(104,105)118-25-40-50(54(116-16-12-112-7)67(126-40)92-22-34(4)62(98)89-73(92)103)132-138(109,142)122-27-42-51(55(117-17-13-113-8)66(127-42)90-20-32(2)56(74)83-71(90)101)133-137(108,141)120-24-39-48(96)52(114-14-10-110-5)65(125-39)91-21-33(3)61(97)88-72(91)102/h20-22,28-31,35-44,48-55,65-68,96H,9-19,23-27H2,1-8H3,(H,104,105)(H,106,139)(H,107,140)(H,108,141)(H,109,142)(H2,74,83,101)(H2,75,78,79)(H,88,97,102)(H,89,98,103)(H3,76,84,86,99)(H3,77,85,87,100)/t35-,36-,37-,38-,39-,40-,41-,42-,43-,44-,48+,49+,50+,51+,52?,53?,54?,55?,65-,66-,67-,68-,135?,136?,137?,138?/m1/s1. The third-order valence-corrected chi connectivity index (χ3v) is 30.4. The van der Waals surface area contributed by atoms with Crippen LogP contribution in [0.25, 0.3) is 33.5 Å². The first-order valence-corrected chi connectivity index (χ1v) is 55.0. The van der Waals surface area contributed by atoms with Crippen molar-refractivity contribution in [1.82, 2.24) is 87.2 Å². The van der Waals surface area contributed by atoms with Crippen molar-refractivity contribution in [2.45, 2.75) is 182 Å². The number of rotatable bonds is 48. The quantitative estimate of drug-likeness (QED) is 0.0141. The number of fused-ring (bicyclic) bond motifs is 3. The van der Waals surface area contributed by atoms with Crippen LogP contribution in [0.5, 0.6) is 0 Å². The average Bonchev–Trinajstić information content (AvgIpc) is 1.60. The molecule has 0 radical (unpaired) electrons. The predicted molar refractivity (Wildman–Crippen MR) is 500 cm³/mol. The monoisotopic (exact) mass is 2180 g/mol. The number of nitrogens with two attached hydrogens (primary N) is 4. The molecule has 142 heavy (non-hydrogen) atoms. The lowest BCUT2D eigenvalue weighted by molar-refractivity contribution is -0.0843. The third-order valence-electron chi connectivity index (χ3n) is 23.1. The number of imidazole rings is 3. The highest BCUT2D eigenvalue weighted by atomic mass is 32.5. The molecule has 69 heteroatoms. The van der Waals surface area contributed by atoms with Gasteiger partial charge in [0, 0.05) is 76.6 Å². The molecule has 0 aromatic carbocycles. The molecule has 18 N–H and O–H groups in total. The van der Waals surface area contributed by atoms with Crippen molar-refractivity contribution in [3.63, 3.8) is 0 Å². The van der Waals surface area contributed by atoms with E-state index in [1.807, 2.05) is 6.92 Å². The van der Waals surface area contributed by atoms with Crippen LogP contribution in [0.3, 0.4) is 0 Å². The van der Waals surface area contributed by atoms with E-state index >= 15 is 4.57 Å². The minimum Gasteiger partial charge on any atom is -0.387 e. The lowest BCUT2D eigenvalue weighted by Gasteiger charge is -2.30. The maximum Gasteiger partial charge on any atom is 0.472 e. The van der Waals surface area contributed by atoms with Gasteiger partial charge in [-0.05, 0) is 74.4 Å². The van der Waals surface area contributed by atoms with E-state index in [4.69, 9.17) is 182 Å². The number of phosphoric acid groups is 1. The summed E-state index contributed by atoms with van der Waals surface area (Å²) in [7, 11) is -0.510. The van der Waals surface area contributed by atoms with Crippen molar-refractivity contribution in [2.75, 3.05) is 137 Å². The summed E-state index contributed by atoms with van der Waals surface area (Å²) in [5.41, 5.74) is 18.3. The molecule has 782 valence electrons. The number of methoxy groups -OCH3 is 4. The summed E-state index contributed by atoms with van der Waals surface area (Å²) in [5, 5.41) is 11.8. The minimum absolute atomic E-state index is 0.0173. The Bertz CT molecular complexity index is 6720. The summed E-state index contributed by atoms with van der Waals surface area (Å²) in [6.07, 6.45) is -24.8. The van der Waals surface area contributed by atoms with Gasteiger partial charge in [-0.2, -0.15) is 15.0 Å². The molecule has 6 aliphatic heterocycles. The van der Waals surface area contributed by atoms with Crippen molar-refractivity contribution >= 4 is 139 Å². The Kier molecular flexibility index (Phi) is 35.1. The molecular weight excluding hydrogens is 2080 g/mol. The maximum absolute atomic E-state index is 15.4. The van der Waals surface area contributed by atoms with E-state index in [1.54, 1.807) is 4.57 Å². The molecule has 0 saturated carbocycles. The van der Waals surface area contributed by atoms with Crippen LogP contribution >= 0.6 is 34.7 Å². The van der Waals surface area contributed by atoms with Crippen LogP contribution < -0.4 is 62.2 Å². The molecule has 9 aromatic heterocycles. The molecule has 15 heterocycles. The number of H-pyrrole nitrogens is 4. The van der Waals surface area contributed by atoms with Gasteiger partial charge in [-0.15, -0.1) is 0 Å². The zero-order valence-corrected chi connectivity index (χ0v) is 84.0. The van der Waals surface area contributed by atoms with Gasteiger partial charge in [0.2, 0.25) is 11.9 Å². The van der Waals surface area contributed by atoms with Crippen LogP contribution in [0, 0.1) is 20.8 Å². The highest BCUT2D eigenvalue weighted by Crippen LogP contribution is 2.58. The van der Waals surface area contributed by atoms with Crippen LogP contribution in [0.2, 0.25) is 0 Å². The Morgan fingerprint density at radius 2 is 0.782 bits per heavy atom. The molecule has 0 aliphatic carbocycles. The number of ether oxygens (including phenoxy) is 14. The van der Waals surface area contributed by atoms with Crippen molar-refractivity contribution in [1.29, 1.82) is 0 Å². The number of hydrogen-bond acceptors (Lipinski definition) is 49. The largest absolute Gasteiger partial charge is 0.472 e. The van der Waals surface area contributed by atoms with Gasteiger partial charge in [0.15, 0.2) is 58.7 Å². The lowest BCUT2D eigenvalue weighted by atomic mass is 10.1. The zero-order chi connectivity index (χ0) is 102. The molecule has 60 nitrogen and oxygen atoms in total. The molecule has 9 unspecified atom stereocenters. The zero-order valence-electron chi connectivity index (χ0n) is 76.2. The van der Waals surface area contributed by atoms with Gasteiger partial charge < -0.3 is 146 Å². The maximum atomic E-state index is 15.4. The van der Waals surface area contributed by atoms with Gasteiger partial charge >= 0.3 is 51.8 Å². The number of phosphoric ester groups is 1. The fourth-order valence-electron chi connectivity index (χ4n) is 16.4. The summed E-state index contributed by atoms with van der Waals surface area (Å²) in [6, 6.07) is 0. The normalized spacial score (nSPS) is 29.1. The van der Waals surface area contributed by atoms with Crippen molar-refractivity contribution in [2.24, 2.45) is 0 Å². The average molecular weight is 2180 g/mol. The number of nitrogen functional groups attached to an aromatic ring is 4. The molecule has 15 rings (SSSR count). The van der Waals surface area contributed by atoms with Crippen LogP contribution in [0.15, 0.2) is 77.5 Å². The molecular formula is C73H103N22O38P5S4. The fraction of sp³-hybridized carbons (Fsp3) is 0.630. The Morgan fingerprint density at radius 3 is 1.27 bits per heavy atom. The van der Waals surface area contributed by atoms with Gasteiger partial charge in [-0.25, -0.2) is 43.9 Å². The molecule has 6 aliphatic rings. The Hall–Kier alpha value is -7.68. The number of anilines is 4. The van der Waals surface area contributed by atoms with Crippen LogP contribution in [-0.2, 0) is 163 Å². The molecule has 0 amide bonds. The SMILES string of the molecule is CC[C@H]1O[C@@H](n2cnc3c(N)ncnc32)C[C@H]1OP(O)(=S)OC[C@H]1O[C@@H](n2cnc3c(=O)[nH]c(N)nc32)C[C@H]1OP(O)(=S)OC[C@H]1O[C@@H](n2cnc3c(=O)[nH]c(N)nc32)C(OCCOC)[C@H]1OP(=O)(O)OC[C@H]1O[C@@H](n2cc(C)c(=O)[nH]c2=O)C(OCCOC)[C@H]1OP(O)(=S)OC[C@H]1O[C@@H](n2cc(C)c(N)nc2=O)C(OCCOC)[C@H]1OP(O)(=S)OC[C@H]1O[C@@H](n2cc(C)c(=O)[nH]c2=O)C(OCCOC)[C@H]1O. The van der Waals surface area contributed by atoms with Gasteiger partial charge in [-0.3, -0.25) is 84.6 Å². The first-order chi connectivity index (χ1) is 67.5. The predicted octanol–water partition coefficient (Wildman–Crippen LogP) is -2.26. The summed E-state index contributed by atoms with van der Waals surface area (Å²) in [5.74, 6) is -0.763.